The molecule has 0 saturated carbocycles. The first-order chi connectivity index (χ1) is 7.29. The molecule has 3 heteroatoms. The van der Waals surface area contributed by atoms with Crippen LogP contribution in [0.4, 0.5) is 4.39 Å². The van der Waals surface area contributed by atoms with Crippen LogP contribution in [0.25, 0.3) is 0 Å². The molecule has 0 aliphatic rings. The van der Waals surface area contributed by atoms with Crippen LogP contribution in [0.1, 0.15) is 41.8 Å². The number of aliphatic hydroxyl groups is 1. The Bertz CT molecular complexity index is 399. The fourth-order valence-corrected chi connectivity index (χ4v) is 1.63. The molecule has 0 aliphatic heterocycles. The summed E-state index contributed by atoms with van der Waals surface area (Å²) in [5, 5.41) is 9.85. The van der Waals surface area contributed by atoms with E-state index in [-0.39, 0.29) is 12.0 Å². The molecular weight excluding hydrogens is 207 g/mol. The molecule has 0 heterocycles. The van der Waals surface area contributed by atoms with Crippen LogP contribution in [0.15, 0.2) is 12.1 Å². The smallest absolute Gasteiger partial charge is 0.197 e. The third kappa shape index (κ3) is 2.30. The fraction of sp³-hybridized carbons (Fsp3) is 0.462. The first-order valence-electron chi connectivity index (χ1n) is 5.33. The van der Waals surface area contributed by atoms with E-state index < -0.39 is 17.2 Å². The lowest BCUT2D eigenvalue weighted by molar-refractivity contribution is 0.0385. The Labute approximate surface area is 95.1 Å². The molecule has 1 aromatic carbocycles. The molecule has 1 N–H and O–H groups in total. The maximum absolute atomic E-state index is 13.7. The summed E-state index contributed by atoms with van der Waals surface area (Å²) < 4.78 is 13.7. The van der Waals surface area contributed by atoms with Crippen molar-refractivity contribution in [2.24, 2.45) is 0 Å². The van der Waals surface area contributed by atoms with Crippen molar-refractivity contribution in [2.75, 3.05) is 0 Å². The number of aryl methyl sites for hydroxylation is 2. The minimum atomic E-state index is -1.50. The molecule has 0 aromatic heterocycles. The lowest BCUT2D eigenvalue weighted by atomic mass is 9.89. The van der Waals surface area contributed by atoms with E-state index in [1.165, 1.54) is 13.0 Å². The normalized spacial score (nSPS) is 14.6. The average molecular weight is 224 g/mol. The zero-order valence-electron chi connectivity index (χ0n) is 10.1. The van der Waals surface area contributed by atoms with E-state index in [1.807, 2.05) is 0 Å². The molecule has 0 aliphatic carbocycles. The van der Waals surface area contributed by atoms with Gasteiger partial charge in [0, 0.05) is 0 Å². The van der Waals surface area contributed by atoms with Gasteiger partial charge in [-0.1, -0.05) is 13.0 Å². The van der Waals surface area contributed by atoms with Gasteiger partial charge in [0.2, 0.25) is 0 Å². The van der Waals surface area contributed by atoms with E-state index in [1.54, 1.807) is 26.8 Å². The van der Waals surface area contributed by atoms with Gasteiger partial charge < -0.3 is 5.11 Å². The SMILES string of the molecule is CCC(C)(O)C(=O)c1c(C)cc(C)cc1F. The Morgan fingerprint density at radius 1 is 1.44 bits per heavy atom. The molecule has 0 spiro atoms. The van der Waals surface area contributed by atoms with Crippen molar-refractivity contribution in [3.63, 3.8) is 0 Å². The molecular formula is C13H17FO2. The Morgan fingerprint density at radius 3 is 2.44 bits per heavy atom. The molecule has 0 radical (unpaired) electrons. The number of benzene rings is 1. The van der Waals surface area contributed by atoms with Crippen LogP contribution >= 0.6 is 0 Å². The quantitative estimate of drug-likeness (QED) is 0.801. The number of ketones is 1. The molecule has 1 rings (SSSR count). The number of hydrogen-bond donors (Lipinski definition) is 1. The van der Waals surface area contributed by atoms with Crippen LogP contribution in [0.5, 0.6) is 0 Å². The van der Waals surface area contributed by atoms with Crippen molar-refractivity contribution in [1.29, 1.82) is 0 Å². The van der Waals surface area contributed by atoms with Gasteiger partial charge in [0.1, 0.15) is 11.4 Å². The van der Waals surface area contributed by atoms with E-state index in [4.69, 9.17) is 0 Å². The van der Waals surface area contributed by atoms with Crippen molar-refractivity contribution in [1.82, 2.24) is 0 Å². The highest BCUT2D eigenvalue weighted by Crippen LogP contribution is 2.23. The topological polar surface area (TPSA) is 37.3 Å². The van der Waals surface area contributed by atoms with Crippen LogP contribution in [-0.4, -0.2) is 16.5 Å². The predicted molar refractivity (Wildman–Crippen MR) is 61.1 cm³/mol. The molecule has 0 amide bonds. The lowest BCUT2D eigenvalue weighted by Gasteiger charge is -2.21. The third-order valence-corrected chi connectivity index (χ3v) is 2.84. The second kappa shape index (κ2) is 4.34. The van der Waals surface area contributed by atoms with Gasteiger partial charge in [-0.25, -0.2) is 4.39 Å². The summed E-state index contributed by atoms with van der Waals surface area (Å²) in [6.07, 6.45) is 0.262. The molecule has 1 aromatic rings. The van der Waals surface area contributed by atoms with Crippen molar-refractivity contribution in [2.45, 2.75) is 39.7 Å². The maximum atomic E-state index is 13.7. The van der Waals surface area contributed by atoms with Crippen LogP contribution in [0.3, 0.4) is 0 Å². The van der Waals surface area contributed by atoms with Crippen LogP contribution in [0, 0.1) is 19.7 Å². The summed E-state index contributed by atoms with van der Waals surface area (Å²) in [5.74, 6) is -1.11. The van der Waals surface area contributed by atoms with Crippen molar-refractivity contribution < 1.29 is 14.3 Å². The maximum Gasteiger partial charge on any atom is 0.197 e. The second-order valence-corrected chi connectivity index (χ2v) is 4.40. The number of carbonyl (C=O) groups is 1. The van der Waals surface area contributed by atoms with Gasteiger partial charge >= 0.3 is 0 Å². The summed E-state index contributed by atoms with van der Waals surface area (Å²) in [4.78, 5) is 12.0. The highest BCUT2D eigenvalue weighted by atomic mass is 19.1. The first kappa shape index (κ1) is 12.8. The van der Waals surface area contributed by atoms with E-state index in [0.29, 0.717) is 5.56 Å². The summed E-state index contributed by atoms with van der Waals surface area (Å²) in [5.41, 5.74) is -0.169. The highest BCUT2D eigenvalue weighted by molar-refractivity contribution is 6.03. The van der Waals surface area contributed by atoms with Gasteiger partial charge in [0.25, 0.3) is 0 Å². The van der Waals surface area contributed by atoms with Crippen molar-refractivity contribution >= 4 is 5.78 Å². The summed E-state index contributed by atoms with van der Waals surface area (Å²) in [6.45, 7) is 6.55. The number of carbonyl (C=O) groups excluding carboxylic acids is 1. The fourth-order valence-electron chi connectivity index (χ4n) is 1.63. The van der Waals surface area contributed by atoms with E-state index in [9.17, 15) is 14.3 Å². The number of Topliss-reactive ketones (excluding diaryl/α,β-unsaturated/α-hetero) is 1. The predicted octanol–water partition coefficient (Wildman–Crippen LogP) is 2.79. The van der Waals surface area contributed by atoms with Gasteiger partial charge in [0.15, 0.2) is 5.78 Å². The minimum Gasteiger partial charge on any atom is -0.382 e. The molecule has 2 nitrogen and oxygen atoms in total. The van der Waals surface area contributed by atoms with Gasteiger partial charge in [-0.2, -0.15) is 0 Å². The van der Waals surface area contributed by atoms with Crippen LogP contribution in [-0.2, 0) is 0 Å². The van der Waals surface area contributed by atoms with Crippen molar-refractivity contribution in [3.05, 3.63) is 34.6 Å². The molecule has 1 atom stereocenters. The molecule has 16 heavy (non-hydrogen) atoms. The third-order valence-electron chi connectivity index (χ3n) is 2.84. The van der Waals surface area contributed by atoms with Gasteiger partial charge in [-0.3, -0.25) is 4.79 Å². The molecule has 0 bridgehead atoms. The number of hydrogen-bond acceptors (Lipinski definition) is 2. The zero-order chi connectivity index (χ0) is 12.5. The van der Waals surface area contributed by atoms with Gasteiger partial charge in [-0.05, 0) is 44.4 Å². The van der Waals surface area contributed by atoms with Gasteiger partial charge in [0.05, 0.1) is 5.56 Å². The molecule has 0 saturated heterocycles. The lowest BCUT2D eigenvalue weighted by Crippen LogP contribution is -2.35. The Balaban J connectivity index is 3.30. The first-order valence-corrected chi connectivity index (χ1v) is 5.33. The summed E-state index contributed by atoms with van der Waals surface area (Å²) >= 11 is 0. The zero-order valence-corrected chi connectivity index (χ0v) is 10.1. The average Bonchev–Trinajstić information content (AvgIpc) is 2.15. The van der Waals surface area contributed by atoms with Crippen molar-refractivity contribution in [3.8, 4) is 0 Å². The summed E-state index contributed by atoms with van der Waals surface area (Å²) in [7, 11) is 0. The molecule has 0 fully saturated rings. The largest absolute Gasteiger partial charge is 0.382 e. The van der Waals surface area contributed by atoms with E-state index >= 15 is 0 Å². The highest BCUT2D eigenvalue weighted by Gasteiger charge is 2.32. The standard InChI is InChI=1S/C13H17FO2/c1-5-13(4,16)12(15)11-9(3)6-8(2)7-10(11)14/h6-7,16H,5H2,1-4H3. The Morgan fingerprint density at radius 2 is 2.00 bits per heavy atom. The molecule has 88 valence electrons. The van der Waals surface area contributed by atoms with E-state index in [2.05, 4.69) is 0 Å². The molecule has 1 unspecified atom stereocenters. The summed E-state index contributed by atoms with van der Waals surface area (Å²) in [6, 6.07) is 3.05. The number of halogens is 1. The van der Waals surface area contributed by atoms with Gasteiger partial charge in [-0.15, -0.1) is 0 Å². The minimum absolute atomic E-state index is 0.00236. The monoisotopic (exact) mass is 224 g/mol. The van der Waals surface area contributed by atoms with Crippen LogP contribution < -0.4 is 0 Å². The van der Waals surface area contributed by atoms with Crippen LogP contribution in [0.2, 0.25) is 0 Å². The Hall–Kier alpha value is -1.22. The second-order valence-electron chi connectivity index (χ2n) is 4.40. The Kier molecular flexibility index (Phi) is 3.48. The van der Waals surface area contributed by atoms with E-state index in [0.717, 1.165) is 5.56 Å². The number of rotatable bonds is 3.